The number of aliphatic carboxylic acids is 1. The normalized spacial score (nSPS) is 20.6. The third-order valence-corrected chi connectivity index (χ3v) is 3.41. The van der Waals surface area contributed by atoms with Crippen LogP contribution in [0.2, 0.25) is 0 Å². The summed E-state index contributed by atoms with van der Waals surface area (Å²) in [5.74, 6) is -0.755. The van der Waals surface area contributed by atoms with Crippen molar-refractivity contribution in [3.63, 3.8) is 0 Å². The molecule has 106 valence electrons. The third kappa shape index (κ3) is 4.92. The van der Waals surface area contributed by atoms with Crippen molar-refractivity contribution in [3.05, 3.63) is 0 Å². The minimum atomic E-state index is -0.755. The molecule has 0 amide bonds. The van der Waals surface area contributed by atoms with Gasteiger partial charge in [-0.15, -0.1) is 0 Å². The highest BCUT2D eigenvalue weighted by Gasteiger charge is 2.25. The third-order valence-electron chi connectivity index (χ3n) is 3.41. The standard InChI is InChI=1S/C13H27N3O2/c1-10(2)14-12(13(17)18)9-15-5-7-16(8-6-15)11(3)4/h10-12,14H,5-9H2,1-4H3,(H,17,18). The molecule has 1 fully saturated rings. The molecule has 2 N–H and O–H groups in total. The Balaban J connectivity index is 2.40. The minimum absolute atomic E-state index is 0.197. The molecule has 0 aromatic heterocycles. The largest absolute Gasteiger partial charge is 0.480 e. The van der Waals surface area contributed by atoms with E-state index in [-0.39, 0.29) is 6.04 Å². The van der Waals surface area contributed by atoms with Crippen molar-refractivity contribution in [1.29, 1.82) is 0 Å². The molecule has 0 bridgehead atoms. The summed E-state index contributed by atoms with van der Waals surface area (Å²) < 4.78 is 0. The average molecular weight is 257 g/mol. The zero-order chi connectivity index (χ0) is 13.7. The number of rotatable bonds is 6. The summed E-state index contributed by atoms with van der Waals surface area (Å²) in [6.45, 7) is 13.0. The van der Waals surface area contributed by atoms with E-state index < -0.39 is 12.0 Å². The van der Waals surface area contributed by atoms with Crippen molar-refractivity contribution in [2.75, 3.05) is 32.7 Å². The van der Waals surface area contributed by atoms with E-state index in [0.717, 1.165) is 26.2 Å². The van der Waals surface area contributed by atoms with Gasteiger partial charge in [-0.25, -0.2) is 0 Å². The van der Waals surface area contributed by atoms with E-state index in [0.29, 0.717) is 12.6 Å². The Hall–Kier alpha value is -0.650. The smallest absolute Gasteiger partial charge is 0.322 e. The number of hydrogen-bond donors (Lipinski definition) is 2. The van der Waals surface area contributed by atoms with Gasteiger partial charge in [0.05, 0.1) is 0 Å². The molecule has 0 spiro atoms. The van der Waals surface area contributed by atoms with Crippen molar-refractivity contribution < 1.29 is 9.90 Å². The number of carboxylic acids is 1. The summed E-state index contributed by atoms with van der Waals surface area (Å²) in [5.41, 5.74) is 0. The molecule has 0 saturated carbocycles. The Morgan fingerprint density at radius 2 is 1.72 bits per heavy atom. The van der Waals surface area contributed by atoms with Crippen molar-refractivity contribution in [3.8, 4) is 0 Å². The van der Waals surface area contributed by atoms with Gasteiger partial charge < -0.3 is 10.4 Å². The van der Waals surface area contributed by atoms with Gasteiger partial charge in [-0.05, 0) is 13.8 Å². The Morgan fingerprint density at radius 3 is 2.11 bits per heavy atom. The Kier molecular flexibility index (Phi) is 6.05. The molecular weight excluding hydrogens is 230 g/mol. The second-order valence-electron chi connectivity index (χ2n) is 5.64. The lowest BCUT2D eigenvalue weighted by Gasteiger charge is -2.38. The first-order chi connectivity index (χ1) is 8.40. The molecule has 1 saturated heterocycles. The predicted molar refractivity (Wildman–Crippen MR) is 72.8 cm³/mol. The van der Waals surface area contributed by atoms with Crippen LogP contribution >= 0.6 is 0 Å². The molecule has 5 heteroatoms. The summed E-state index contributed by atoms with van der Waals surface area (Å²) in [7, 11) is 0. The number of carboxylic acid groups (broad SMARTS) is 1. The van der Waals surface area contributed by atoms with Crippen molar-refractivity contribution in [2.24, 2.45) is 0 Å². The maximum atomic E-state index is 11.2. The van der Waals surface area contributed by atoms with Crippen LogP contribution in [0.4, 0.5) is 0 Å². The zero-order valence-electron chi connectivity index (χ0n) is 12.0. The van der Waals surface area contributed by atoms with Crippen molar-refractivity contribution >= 4 is 5.97 Å². The summed E-state index contributed by atoms with van der Waals surface area (Å²) >= 11 is 0. The van der Waals surface area contributed by atoms with Crippen LogP contribution in [0.15, 0.2) is 0 Å². The molecule has 1 unspecified atom stereocenters. The zero-order valence-corrected chi connectivity index (χ0v) is 12.0. The van der Waals surface area contributed by atoms with Gasteiger partial charge in [0.2, 0.25) is 0 Å². The molecule has 1 aliphatic heterocycles. The maximum absolute atomic E-state index is 11.2. The molecule has 18 heavy (non-hydrogen) atoms. The van der Waals surface area contributed by atoms with Gasteiger partial charge in [0.1, 0.15) is 6.04 Å². The van der Waals surface area contributed by atoms with E-state index in [1.165, 1.54) is 0 Å². The highest BCUT2D eigenvalue weighted by molar-refractivity contribution is 5.73. The van der Waals surface area contributed by atoms with E-state index in [4.69, 9.17) is 0 Å². The van der Waals surface area contributed by atoms with E-state index in [2.05, 4.69) is 29.0 Å². The second-order valence-corrected chi connectivity index (χ2v) is 5.64. The van der Waals surface area contributed by atoms with Crippen LogP contribution in [0.5, 0.6) is 0 Å². The molecule has 0 aromatic rings. The van der Waals surface area contributed by atoms with Crippen LogP contribution in [0.1, 0.15) is 27.7 Å². The molecular formula is C13H27N3O2. The van der Waals surface area contributed by atoms with E-state index in [9.17, 15) is 9.90 Å². The molecule has 1 rings (SSSR count). The first-order valence-electron chi connectivity index (χ1n) is 6.85. The van der Waals surface area contributed by atoms with Gasteiger partial charge in [0.25, 0.3) is 0 Å². The summed E-state index contributed by atoms with van der Waals surface area (Å²) in [6.07, 6.45) is 0. The number of carbonyl (C=O) groups is 1. The summed E-state index contributed by atoms with van der Waals surface area (Å²) in [5, 5.41) is 12.3. The first-order valence-corrected chi connectivity index (χ1v) is 6.85. The van der Waals surface area contributed by atoms with Gasteiger partial charge in [-0.1, -0.05) is 13.8 Å². The predicted octanol–water partition coefficient (Wildman–Crippen LogP) is 0.464. The van der Waals surface area contributed by atoms with Crippen LogP contribution in [0, 0.1) is 0 Å². The highest BCUT2D eigenvalue weighted by atomic mass is 16.4. The Bertz CT molecular complexity index is 261. The van der Waals surface area contributed by atoms with Crippen LogP contribution in [0.3, 0.4) is 0 Å². The van der Waals surface area contributed by atoms with E-state index in [1.807, 2.05) is 13.8 Å². The number of hydrogen-bond acceptors (Lipinski definition) is 4. The van der Waals surface area contributed by atoms with Gasteiger partial charge in [-0.3, -0.25) is 14.6 Å². The Labute approximate surface area is 110 Å². The fraction of sp³-hybridized carbons (Fsp3) is 0.923. The lowest BCUT2D eigenvalue weighted by atomic mass is 10.2. The monoisotopic (exact) mass is 257 g/mol. The van der Waals surface area contributed by atoms with Gasteiger partial charge in [-0.2, -0.15) is 0 Å². The van der Waals surface area contributed by atoms with Gasteiger partial charge >= 0.3 is 5.97 Å². The lowest BCUT2D eigenvalue weighted by molar-refractivity contribution is -0.140. The molecule has 5 nitrogen and oxygen atoms in total. The molecule has 1 heterocycles. The van der Waals surface area contributed by atoms with Gasteiger partial charge in [0, 0.05) is 44.8 Å². The highest BCUT2D eigenvalue weighted by Crippen LogP contribution is 2.06. The molecule has 0 aromatic carbocycles. The van der Waals surface area contributed by atoms with Gasteiger partial charge in [0.15, 0.2) is 0 Å². The van der Waals surface area contributed by atoms with E-state index >= 15 is 0 Å². The fourth-order valence-electron chi connectivity index (χ4n) is 2.32. The maximum Gasteiger partial charge on any atom is 0.322 e. The quantitative estimate of drug-likeness (QED) is 0.724. The summed E-state index contributed by atoms with van der Waals surface area (Å²) in [6, 6.07) is 0.315. The SMILES string of the molecule is CC(C)NC(CN1CCN(C(C)C)CC1)C(=O)O. The first kappa shape index (κ1) is 15.4. The van der Waals surface area contributed by atoms with Crippen molar-refractivity contribution in [1.82, 2.24) is 15.1 Å². The molecule has 1 atom stereocenters. The molecule has 1 aliphatic rings. The minimum Gasteiger partial charge on any atom is -0.480 e. The van der Waals surface area contributed by atoms with Crippen LogP contribution in [0.25, 0.3) is 0 Å². The van der Waals surface area contributed by atoms with Crippen LogP contribution < -0.4 is 5.32 Å². The molecule has 0 aliphatic carbocycles. The van der Waals surface area contributed by atoms with Crippen LogP contribution in [-0.4, -0.2) is 71.7 Å². The van der Waals surface area contributed by atoms with E-state index in [1.54, 1.807) is 0 Å². The second kappa shape index (κ2) is 7.07. The van der Waals surface area contributed by atoms with Crippen molar-refractivity contribution in [2.45, 2.75) is 45.8 Å². The average Bonchev–Trinajstić information content (AvgIpc) is 2.28. The molecule has 0 radical (unpaired) electrons. The summed E-state index contributed by atoms with van der Waals surface area (Å²) in [4.78, 5) is 15.9. The number of nitrogens with zero attached hydrogens (tertiary/aromatic N) is 2. The Morgan fingerprint density at radius 1 is 1.17 bits per heavy atom. The van der Waals surface area contributed by atoms with Crippen LogP contribution in [-0.2, 0) is 4.79 Å². The number of piperazine rings is 1. The topological polar surface area (TPSA) is 55.8 Å². The lowest BCUT2D eigenvalue weighted by Crippen LogP contribution is -2.54. The number of nitrogens with one attached hydrogen (secondary N) is 1. The fourth-order valence-corrected chi connectivity index (χ4v) is 2.32.